The number of aryl methyl sites for hydroxylation is 1. The van der Waals surface area contributed by atoms with E-state index in [-0.39, 0.29) is 0 Å². The lowest BCUT2D eigenvalue weighted by Gasteiger charge is -1.95. The maximum Gasteiger partial charge on any atom is 0.227 e. The molecule has 0 fully saturated rings. The molecule has 0 aliphatic carbocycles. The van der Waals surface area contributed by atoms with Crippen molar-refractivity contribution in [2.24, 2.45) is 4.99 Å². The van der Waals surface area contributed by atoms with Gasteiger partial charge in [0.15, 0.2) is 5.58 Å². The van der Waals surface area contributed by atoms with Gasteiger partial charge in [0.2, 0.25) is 5.89 Å². The largest absolute Gasteiger partial charge is 0.436 e. The van der Waals surface area contributed by atoms with E-state index in [9.17, 15) is 0 Å². The number of rotatable bonds is 4. The standard InChI is InChI=1S/C23H17ClN2O/c1-16-6-4-8-18(14-16)23-26-21-15-19(11-12-22(21)27-23)25-13-5-9-17-7-2-3-10-20(17)24/h2-15H,1H3. The van der Waals surface area contributed by atoms with Crippen LogP contribution < -0.4 is 0 Å². The van der Waals surface area contributed by atoms with Gasteiger partial charge < -0.3 is 4.42 Å². The van der Waals surface area contributed by atoms with E-state index < -0.39 is 0 Å². The van der Waals surface area contributed by atoms with Crippen molar-refractivity contribution >= 4 is 40.7 Å². The highest BCUT2D eigenvalue weighted by Gasteiger charge is 2.08. The number of hydrogen-bond donors (Lipinski definition) is 0. The SMILES string of the molecule is Cc1cccc(-c2nc3cc(N=CC=Cc4ccccc4Cl)ccc3o2)c1. The Hall–Kier alpha value is -3.17. The first-order valence-electron chi connectivity index (χ1n) is 8.62. The number of aliphatic imine (C=N–C) groups is 1. The predicted molar refractivity (Wildman–Crippen MR) is 113 cm³/mol. The van der Waals surface area contributed by atoms with Crippen molar-refractivity contribution in [1.29, 1.82) is 0 Å². The number of hydrogen-bond acceptors (Lipinski definition) is 3. The molecule has 0 radical (unpaired) electrons. The molecule has 0 bridgehead atoms. The van der Waals surface area contributed by atoms with Crippen molar-refractivity contribution in [2.75, 3.05) is 0 Å². The van der Waals surface area contributed by atoms with E-state index in [1.165, 1.54) is 5.56 Å². The normalized spacial score (nSPS) is 11.8. The molecule has 4 rings (SSSR count). The van der Waals surface area contributed by atoms with Crippen LogP contribution in [-0.2, 0) is 0 Å². The number of allylic oxidation sites excluding steroid dienone is 1. The van der Waals surface area contributed by atoms with Crippen LogP contribution in [0.4, 0.5) is 5.69 Å². The summed E-state index contributed by atoms with van der Waals surface area (Å²) in [5.74, 6) is 0.619. The van der Waals surface area contributed by atoms with Gasteiger partial charge in [-0.05, 0) is 55.0 Å². The maximum atomic E-state index is 6.13. The molecular weight excluding hydrogens is 356 g/mol. The number of oxazole rings is 1. The van der Waals surface area contributed by atoms with Crippen molar-refractivity contribution < 1.29 is 4.42 Å². The fraction of sp³-hybridized carbons (Fsp3) is 0.0435. The van der Waals surface area contributed by atoms with Crippen LogP contribution >= 0.6 is 11.6 Å². The fourth-order valence-electron chi connectivity index (χ4n) is 2.78. The van der Waals surface area contributed by atoms with E-state index in [1.807, 2.05) is 66.7 Å². The second-order valence-electron chi connectivity index (χ2n) is 6.20. The molecule has 1 aromatic heterocycles. The van der Waals surface area contributed by atoms with Gasteiger partial charge in [0.1, 0.15) is 5.52 Å². The minimum atomic E-state index is 0.619. The van der Waals surface area contributed by atoms with Gasteiger partial charge in [-0.2, -0.15) is 0 Å². The van der Waals surface area contributed by atoms with E-state index in [4.69, 9.17) is 16.0 Å². The Morgan fingerprint density at radius 3 is 2.74 bits per heavy atom. The molecular formula is C23H17ClN2O. The summed E-state index contributed by atoms with van der Waals surface area (Å²) in [6.45, 7) is 2.05. The molecule has 0 aliphatic heterocycles. The van der Waals surface area contributed by atoms with E-state index >= 15 is 0 Å². The molecule has 0 saturated heterocycles. The molecule has 4 aromatic rings. The number of fused-ring (bicyclic) bond motifs is 1. The van der Waals surface area contributed by atoms with Crippen molar-refractivity contribution in [3.05, 3.63) is 89.0 Å². The summed E-state index contributed by atoms with van der Waals surface area (Å²) < 4.78 is 5.87. The van der Waals surface area contributed by atoms with Gasteiger partial charge in [0.05, 0.1) is 5.69 Å². The average Bonchev–Trinajstić information content (AvgIpc) is 3.10. The molecule has 132 valence electrons. The fourth-order valence-corrected chi connectivity index (χ4v) is 2.98. The third kappa shape index (κ3) is 3.99. The van der Waals surface area contributed by atoms with Gasteiger partial charge in [-0.15, -0.1) is 0 Å². The summed E-state index contributed by atoms with van der Waals surface area (Å²) in [6.07, 6.45) is 5.54. The first kappa shape index (κ1) is 17.3. The van der Waals surface area contributed by atoms with Crippen LogP contribution in [0.5, 0.6) is 0 Å². The lowest BCUT2D eigenvalue weighted by atomic mass is 10.1. The van der Waals surface area contributed by atoms with Crippen LogP contribution in [0.3, 0.4) is 0 Å². The second-order valence-corrected chi connectivity index (χ2v) is 6.61. The molecule has 3 aromatic carbocycles. The van der Waals surface area contributed by atoms with Gasteiger partial charge in [-0.25, -0.2) is 4.98 Å². The molecule has 0 N–H and O–H groups in total. The van der Waals surface area contributed by atoms with Gasteiger partial charge >= 0.3 is 0 Å². The molecule has 1 heterocycles. The van der Waals surface area contributed by atoms with Crippen molar-refractivity contribution in [3.8, 4) is 11.5 Å². The minimum Gasteiger partial charge on any atom is -0.436 e. The van der Waals surface area contributed by atoms with Crippen molar-refractivity contribution in [1.82, 2.24) is 4.98 Å². The third-order valence-electron chi connectivity index (χ3n) is 4.13. The lowest BCUT2D eigenvalue weighted by molar-refractivity contribution is 0.620. The monoisotopic (exact) mass is 372 g/mol. The Balaban J connectivity index is 1.56. The summed E-state index contributed by atoms with van der Waals surface area (Å²) in [4.78, 5) is 9.06. The van der Waals surface area contributed by atoms with Crippen LogP contribution in [0.1, 0.15) is 11.1 Å². The Bertz CT molecular complexity index is 1160. The highest BCUT2D eigenvalue weighted by molar-refractivity contribution is 6.32. The van der Waals surface area contributed by atoms with E-state index in [0.717, 1.165) is 32.9 Å². The zero-order valence-corrected chi connectivity index (χ0v) is 15.5. The van der Waals surface area contributed by atoms with E-state index in [2.05, 4.69) is 29.0 Å². The zero-order chi connectivity index (χ0) is 18.6. The van der Waals surface area contributed by atoms with Crippen LogP contribution in [0, 0.1) is 6.92 Å². The Morgan fingerprint density at radius 1 is 1.00 bits per heavy atom. The number of benzene rings is 3. The van der Waals surface area contributed by atoms with Crippen LogP contribution in [0.15, 0.2) is 82.2 Å². The molecule has 27 heavy (non-hydrogen) atoms. The summed E-state index contributed by atoms with van der Waals surface area (Å²) in [5, 5.41) is 0.717. The minimum absolute atomic E-state index is 0.619. The first-order valence-corrected chi connectivity index (χ1v) is 9.00. The van der Waals surface area contributed by atoms with Gasteiger partial charge in [0.25, 0.3) is 0 Å². The smallest absolute Gasteiger partial charge is 0.227 e. The summed E-state index contributed by atoms with van der Waals surface area (Å²) in [7, 11) is 0. The molecule has 0 saturated carbocycles. The highest BCUT2D eigenvalue weighted by atomic mass is 35.5. The summed E-state index contributed by atoms with van der Waals surface area (Å²) in [5.41, 5.74) is 5.45. The average molecular weight is 373 g/mol. The van der Waals surface area contributed by atoms with Gasteiger partial charge in [-0.1, -0.05) is 53.6 Å². The first-order chi connectivity index (χ1) is 13.2. The summed E-state index contributed by atoms with van der Waals surface area (Å²) >= 11 is 6.13. The topological polar surface area (TPSA) is 38.4 Å². The quantitative estimate of drug-likeness (QED) is 0.366. The Morgan fingerprint density at radius 2 is 1.89 bits per heavy atom. The third-order valence-corrected chi connectivity index (χ3v) is 4.47. The molecule has 0 spiro atoms. The number of halogens is 1. The van der Waals surface area contributed by atoms with Crippen LogP contribution in [0.2, 0.25) is 5.02 Å². The van der Waals surface area contributed by atoms with E-state index in [1.54, 1.807) is 6.21 Å². The predicted octanol–water partition coefficient (Wildman–Crippen LogP) is 6.87. The zero-order valence-electron chi connectivity index (χ0n) is 14.8. The molecule has 0 amide bonds. The molecule has 0 aliphatic rings. The van der Waals surface area contributed by atoms with Gasteiger partial charge in [-0.3, -0.25) is 4.99 Å². The molecule has 4 heteroatoms. The Labute approximate surface area is 162 Å². The highest BCUT2D eigenvalue weighted by Crippen LogP contribution is 2.27. The number of aromatic nitrogens is 1. The van der Waals surface area contributed by atoms with Gasteiger partial charge in [0, 0.05) is 16.8 Å². The molecule has 0 unspecified atom stereocenters. The van der Waals surface area contributed by atoms with E-state index in [0.29, 0.717) is 5.89 Å². The van der Waals surface area contributed by atoms with Crippen LogP contribution in [0.25, 0.3) is 28.6 Å². The molecule has 3 nitrogen and oxygen atoms in total. The van der Waals surface area contributed by atoms with Crippen LogP contribution in [-0.4, -0.2) is 11.2 Å². The molecule has 0 atom stereocenters. The lowest BCUT2D eigenvalue weighted by Crippen LogP contribution is -1.78. The van der Waals surface area contributed by atoms with Crippen molar-refractivity contribution in [2.45, 2.75) is 6.92 Å². The summed E-state index contributed by atoms with van der Waals surface area (Å²) in [6, 6.07) is 21.5. The van der Waals surface area contributed by atoms with Crippen molar-refractivity contribution in [3.63, 3.8) is 0 Å². The second kappa shape index (κ2) is 7.60. The maximum absolute atomic E-state index is 6.13. The number of nitrogens with zero attached hydrogens (tertiary/aromatic N) is 2. The Kier molecular flexibility index (Phi) is 4.86.